The highest BCUT2D eigenvalue weighted by Gasteiger charge is 2.29. The molecule has 17 heavy (non-hydrogen) atoms. The van der Waals surface area contributed by atoms with Gasteiger partial charge in [-0.1, -0.05) is 5.92 Å². The maximum atomic E-state index is 11.8. The van der Waals surface area contributed by atoms with Crippen molar-refractivity contribution in [2.75, 3.05) is 13.1 Å². The van der Waals surface area contributed by atoms with E-state index < -0.39 is 5.60 Å². The molecule has 2 unspecified atom stereocenters. The van der Waals surface area contributed by atoms with Crippen molar-refractivity contribution < 1.29 is 9.53 Å². The molecule has 0 bridgehead atoms. The lowest BCUT2D eigenvalue weighted by atomic mass is 10.2. The zero-order valence-corrected chi connectivity index (χ0v) is 11.1. The molecule has 0 radical (unpaired) electrons. The summed E-state index contributed by atoms with van der Waals surface area (Å²) in [5.41, 5.74) is -0.436. The Morgan fingerprint density at radius 3 is 2.76 bits per heavy atom. The van der Waals surface area contributed by atoms with E-state index in [4.69, 9.17) is 11.2 Å². The second kappa shape index (κ2) is 5.42. The predicted molar refractivity (Wildman–Crippen MR) is 67.6 cm³/mol. The minimum absolute atomic E-state index is 0.0404. The molecule has 0 aromatic carbocycles. The number of carbonyl (C=O) groups excluding carboxylic acids is 1. The summed E-state index contributed by atoms with van der Waals surface area (Å²) in [5.74, 6) is 2.63. The quantitative estimate of drug-likeness (QED) is 0.743. The summed E-state index contributed by atoms with van der Waals surface area (Å²) >= 11 is 0. The van der Waals surface area contributed by atoms with Crippen LogP contribution in [0.1, 0.15) is 34.1 Å². The molecule has 1 aliphatic rings. The highest BCUT2D eigenvalue weighted by atomic mass is 16.6. The summed E-state index contributed by atoms with van der Waals surface area (Å²) in [7, 11) is 0. The van der Waals surface area contributed by atoms with E-state index in [0.29, 0.717) is 6.54 Å². The fourth-order valence-electron chi connectivity index (χ4n) is 1.79. The van der Waals surface area contributed by atoms with E-state index in [1.54, 1.807) is 4.90 Å². The zero-order valence-electron chi connectivity index (χ0n) is 11.1. The summed E-state index contributed by atoms with van der Waals surface area (Å²) in [6.45, 7) is 8.95. The van der Waals surface area contributed by atoms with Crippen molar-refractivity contribution >= 4 is 6.09 Å². The van der Waals surface area contributed by atoms with Gasteiger partial charge < -0.3 is 9.64 Å². The van der Waals surface area contributed by atoms with Crippen LogP contribution in [0.5, 0.6) is 0 Å². The van der Waals surface area contributed by atoms with E-state index >= 15 is 0 Å². The molecule has 1 fully saturated rings. The minimum atomic E-state index is -0.436. The van der Waals surface area contributed by atoms with Gasteiger partial charge in [0.2, 0.25) is 0 Å². The van der Waals surface area contributed by atoms with Crippen molar-refractivity contribution in [2.45, 2.75) is 51.8 Å². The lowest BCUT2D eigenvalue weighted by molar-refractivity contribution is 0.0291. The third-order valence-corrected chi connectivity index (χ3v) is 2.58. The second-order valence-corrected chi connectivity index (χ2v) is 5.47. The molecule has 2 atom stereocenters. The van der Waals surface area contributed by atoms with Crippen LogP contribution < -0.4 is 5.32 Å². The van der Waals surface area contributed by atoms with Crippen molar-refractivity contribution in [3.63, 3.8) is 0 Å². The monoisotopic (exact) mass is 238 g/mol. The summed E-state index contributed by atoms with van der Waals surface area (Å²) in [6, 6.07) is 0.312. The van der Waals surface area contributed by atoms with Gasteiger partial charge in [-0.3, -0.25) is 5.32 Å². The third kappa shape index (κ3) is 4.66. The van der Waals surface area contributed by atoms with Gasteiger partial charge in [0.25, 0.3) is 0 Å². The van der Waals surface area contributed by atoms with Gasteiger partial charge in [0.05, 0.1) is 6.04 Å². The summed E-state index contributed by atoms with van der Waals surface area (Å²) in [4.78, 5) is 13.5. The third-order valence-electron chi connectivity index (χ3n) is 2.58. The smallest absolute Gasteiger partial charge is 0.410 e. The Hall–Kier alpha value is -1.21. The van der Waals surface area contributed by atoms with E-state index in [2.05, 4.69) is 11.2 Å². The number of carbonyl (C=O) groups is 1. The fourth-order valence-corrected chi connectivity index (χ4v) is 1.79. The SMILES string of the molecule is C#CC(C)NC1CCN(C(=O)OC(C)(C)C)C1. The molecule has 96 valence electrons. The highest BCUT2D eigenvalue weighted by molar-refractivity contribution is 5.68. The molecule has 0 aliphatic carbocycles. The van der Waals surface area contributed by atoms with Crippen molar-refractivity contribution in [3.05, 3.63) is 0 Å². The molecule has 0 spiro atoms. The van der Waals surface area contributed by atoms with Crippen LogP contribution in [0.3, 0.4) is 0 Å². The molecule has 1 heterocycles. The van der Waals surface area contributed by atoms with Gasteiger partial charge in [0, 0.05) is 19.1 Å². The summed E-state index contributed by atoms with van der Waals surface area (Å²) in [6.07, 6.45) is 5.99. The number of terminal acetylenes is 1. The Kier molecular flexibility index (Phi) is 4.41. The predicted octanol–water partition coefficient (Wildman–Crippen LogP) is 1.61. The Bertz CT molecular complexity index is 314. The van der Waals surface area contributed by atoms with Crippen molar-refractivity contribution in [2.24, 2.45) is 0 Å². The van der Waals surface area contributed by atoms with E-state index in [9.17, 15) is 4.79 Å². The standard InChI is InChI=1S/C13H22N2O2/c1-6-10(2)14-11-7-8-15(9-11)12(16)17-13(3,4)5/h1,10-11,14H,7-9H2,2-5H3. The Balaban J connectivity index is 2.40. The lowest BCUT2D eigenvalue weighted by Crippen LogP contribution is -2.40. The first-order valence-electron chi connectivity index (χ1n) is 6.02. The molecule has 4 heteroatoms. The number of rotatable bonds is 2. The van der Waals surface area contributed by atoms with Crippen molar-refractivity contribution in [3.8, 4) is 12.3 Å². The highest BCUT2D eigenvalue weighted by Crippen LogP contribution is 2.15. The van der Waals surface area contributed by atoms with Crippen LogP contribution in [-0.2, 0) is 4.74 Å². The first-order chi connectivity index (χ1) is 7.81. The van der Waals surface area contributed by atoms with Crippen LogP contribution in [0, 0.1) is 12.3 Å². The number of hydrogen-bond donors (Lipinski definition) is 1. The van der Waals surface area contributed by atoms with Crippen LogP contribution in [0.4, 0.5) is 4.79 Å². The van der Waals surface area contributed by atoms with Crippen LogP contribution in [0.15, 0.2) is 0 Å². The Labute approximate surface area is 104 Å². The minimum Gasteiger partial charge on any atom is -0.444 e. The largest absolute Gasteiger partial charge is 0.444 e. The zero-order chi connectivity index (χ0) is 13.1. The van der Waals surface area contributed by atoms with E-state index in [0.717, 1.165) is 13.0 Å². The second-order valence-electron chi connectivity index (χ2n) is 5.47. The molecule has 0 aromatic heterocycles. The number of ether oxygens (including phenoxy) is 1. The molecule has 1 saturated heterocycles. The van der Waals surface area contributed by atoms with Gasteiger partial charge in [-0.05, 0) is 34.1 Å². The molecule has 0 saturated carbocycles. The van der Waals surface area contributed by atoms with Crippen molar-refractivity contribution in [1.82, 2.24) is 10.2 Å². The van der Waals surface area contributed by atoms with Gasteiger partial charge in [0.1, 0.15) is 5.60 Å². The molecular formula is C13H22N2O2. The van der Waals surface area contributed by atoms with Crippen LogP contribution >= 0.6 is 0 Å². The van der Waals surface area contributed by atoms with E-state index in [1.165, 1.54) is 0 Å². The van der Waals surface area contributed by atoms with Crippen molar-refractivity contribution in [1.29, 1.82) is 0 Å². The fraction of sp³-hybridized carbons (Fsp3) is 0.769. The van der Waals surface area contributed by atoms with Gasteiger partial charge in [-0.2, -0.15) is 0 Å². The molecule has 1 amide bonds. The number of likely N-dealkylation sites (tertiary alicyclic amines) is 1. The summed E-state index contributed by atoms with van der Waals surface area (Å²) < 4.78 is 5.32. The molecule has 1 rings (SSSR count). The number of nitrogens with one attached hydrogen (secondary N) is 1. The van der Waals surface area contributed by atoms with Crippen LogP contribution in [-0.4, -0.2) is 41.8 Å². The number of nitrogens with zero attached hydrogens (tertiary/aromatic N) is 1. The molecular weight excluding hydrogens is 216 g/mol. The first-order valence-corrected chi connectivity index (χ1v) is 6.02. The Morgan fingerprint density at radius 2 is 2.24 bits per heavy atom. The number of hydrogen-bond acceptors (Lipinski definition) is 3. The molecule has 4 nitrogen and oxygen atoms in total. The molecule has 0 aromatic rings. The normalized spacial score (nSPS) is 22.1. The number of amides is 1. The van der Waals surface area contributed by atoms with Gasteiger partial charge >= 0.3 is 6.09 Å². The van der Waals surface area contributed by atoms with Crippen LogP contribution in [0.2, 0.25) is 0 Å². The average molecular weight is 238 g/mol. The lowest BCUT2D eigenvalue weighted by Gasteiger charge is -2.24. The van der Waals surface area contributed by atoms with E-state index in [-0.39, 0.29) is 18.2 Å². The Morgan fingerprint density at radius 1 is 1.59 bits per heavy atom. The van der Waals surface area contributed by atoms with Gasteiger partial charge in [-0.25, -0.2) is 4.79 Å². The van der Waals surface area contributed by atoms with Gasteiger partial charge in [0.15, 0.2) is 0 Å². The average Bonchev–Trinajstić information content (AvgIpc) is 2.63. The first kappa shape index (κ1) is 13.9. The van der Waals surface area contributed by atoms with E-state index in [1.807, 2.05) is 27.7 Å². The maximum absolute atomic E-state index is 11.8. The molecule has 1 N–H and O–H groups in total. The van der Waals surface area contributed by atoms with Gasteiger partial charge in [-0.15, -0.1) is 6.42 Å². The maximum Gasteiger partial charge on any atom is 0.410 e. The molecule has 1 aliphatic heterocycles. The summed E-state index contributed by atoms with van der Waals surface area (Å²) in [5, 5.41) is 3.29. The topological polar surface area (TPSA) is 41.6 Å². The van der Waals surface area contributed by atoms with Crippen LogP contribution in [0.25, 0.3) is 0 Å².